The van der Waals surface area contributed by atoms with Gasteiger partial charge >= 0.3 is 0 Å². The summed E-state index contributed by atoms with van der Waals surface area (Å²) in [4.78, 5) is 9.93. The molecule has 1 aliphatic rings. The lowest BCUT2D eigenvalue weighted by Crippen LogP contribution is -2.41. The van der Waals surface area contributed by atoms with Gasteiger partial charge in [0.1, 0.15) is 0 Å². The monoisotopic (exact) mass is 241 g/mol. The molecule has 0 spiro atoms. The van der Waals surface area contributed by atoms with Crippen molar-refractivity contribution in [1.82, 2.24) is 9.88 Å². The zero-order valence-electron chi connectivity index (χ0n) is 9.89. The second-order valence-electron chi connectivity index (χ2n) is 4.45. The van der Waals surface area contributed by atoms with E-state index in [9.17, 15) is 0 Å². The van der Waals surface area contributed by atoms with Gasteiger partial charge in [-0.05, 0) is 26.9 Å². The van der Waals surface area contributed by atoms with Crippen LogP contribution in [0.1, 0.15) is 17.7 Å². The van der Waals surface area contributed by atoms with Crippen LogP contribution in [-0.2, 0) is 6.61 Å². The normalized spacial score (nSPS) is 18.4. The Morgan fingerprint density at radius 2 is 2.19 bits per heavy atom. The molecule has 4 nitrogen and oxygen atoms in total. The van der Waals surface area contributed by atoms with E-state index in [0.29, 0.717) is 6.04 Å². The van der Waals surface area contributed by atoms with Gasteiger partial charge in [0.05, 0.1) is 11.5 Å². The zero-order chi connectivity index (χ0) is 11.5. The van der Waals surface area contributed by atoms with E-state index in [4.69, 9.17) is 5.11 Å². The van der Waals surface area contributed by atoms with Crippen LogP contribution in [0, 0.1) is 0 Å². The minimum absolute atomic E-state index is 0.103. The van der Waals surface area contributed by atoms with Crippen molar-refractivity contribution in [1.29, 1.82) is 0 Å². The number of anilines is 1. The van der Waals surface area contributed by atoms with Gasteiger partial charge in [-0.3, -0.25) is 0 Å². The molecule has 2 heterocycles. The van der Waals surface area contributed by atoms with Gasteiger partial charge < -0.3 is 14.9 Å². The van der Waals surface area contributed by atoms with E-state index in [1.165, 1.54) is 12.8 Å². The van der Waals surface area contributed by atoms with Gasteiger partial charge in [0.2, 0.25) is 0 Å². The minimum atomic E-state index is 0.103. The summed E-state index contributed by atoms with van der Waals surface area (Å²) in [6.45, 7) is 2.24. The molecule has 0 radical (unpaired) electrons. The van der Waals surface area contributed by atoms with Gasteiger partial charge in [0.25, 0.3) is 0 Å². The number of rotatable bonds is 3. The number of piperidine rings is 1. The Labute approximate surface area is 101 Å². The van der Waals surface area contributed by atoms with Gasteiger partial charge in [-0.15, -0.1) is 0 Å². The van der Waals surface area contributed by atoms with E-state index in [0.717, 1.165) is 23.1 Å². The first-order chi connectivity index (χ1) is 7.70. The SMILES string of the molecule is CN(C)C1CCN(c2ncc(CO)s2)CC1. The van der Waals surface area contributed by atoms with Crippen molar-refractivity contribution in [2.24, 2.45) is 0 Å². The second kappa shape index (κ2) is 5.12. The summed E-state index contributed by atoms with van der Waals surface area (Å²) in [6, 6.07) is 0.702. The average Bonchev–Trinajstić information content (AvgIpc) is 2.77. The molecule has 90 valence electrons. The smallest absolute Gasteiger partial charge is 0.185 e. The highest BCUT2D eigenvalue weighted by Gasteiger charge is 2.22. The standard InChI is InChI=1S/C11H19N3OS/c1-13(2)9-3-5-14(6-4-9)11-12-7-10(8-15)16-11/h7,9,15H,3-6,8H2,1-2H3. The van der Waals surface area contributed by atoms with E-state index < -0.39 is 0 Å². The van der Waals surface area contributed by atoms with Crippen molar-refractivity contribution >= 4 is 16.5 Å². The number of aliphatic hydroxyl groups is 1. The Kier molecular flexibility index (Phi) is 3.78. The fourth-order valence-corrected chi connectivity index (χ4v) is 2.91. The van der Waals surface area contributed by atoms with Crippen LogP contribution < -0.4 is 4.90 Å². The van der Waals surface area contributed by atoms with Crippen LogP contribution >= 0.6 is 11.3 Å². The predicted molar refractivity (Wildman–Crippen MR) is 67.0 cm³/mol. The van der Waals surface area contributed by atoms with E-state index >= 15 is 0 Å². The molecule has 5 heteroatoms. The maximum absolute atomic E-state index is 9.01. The second-order valence-corrected chi connectivity index (χ2v) is 5.54. The van der Waals surface area contributed by atoms with Gasteiger partial charge in [0, 0.05) is 25.3 Å². The first-order valence-corrected chi connectivity index (χ1v) is 6.49. The number of hydrogen-bond donors (Lipinski definition) is 1. The third-order valence-corrected chi connectivity index (χ3v) is 4.21. The molecule has 1 aromatic rings. The molecule has 1 aliphatic heterocycles. The van der Waals surface area contributed by atoms with Crippen molar-refractivity contribution in [2.45, 2.75) is 25.5 Å². The molecule has 1 aromatic heterocycles. The fraction of sp³-hybridized carbons (Fsp3) is 0.727. The molecule has 0 saturated carbocycles. The van der Waals surface area contributed by atoms with Crippen molar-refractivity contribution in [2.75, 3.05) is 32.1 Å². The Morgan fingerprint density at radius 1 is 1.50 bits per heavy atom. The number of aromatic nitrogens is 1. The summed E-state index contributed by atoms with van der Waals surface area (Å²) in [5, 5.41) is 10.1. The highest BCUT2D eigenvalue weighted by Crippen LogP contribution is 2.26. The molecule has 1 N–H and O–H groups in total. The molecular formula is C11H19N3OS. The Bertz CT molecular complexity index is 332. The highest BCUT2D eigenvalue weighted by atomic mass is 32.1. The Hall–Kier alpha value is -0.650. The molecule has 1 saturated heterocycles. The molecular weight excluding hydrogens is 222 g/mol. The quantitative estimate of drug-likeness (QED) is 0.862. The van der Waals surface area contributed by atoms with Crippen LogP contribution in [0.4, 0.5) is 5.13 Å². The lowest BCUT2D eigenvalue weighted by molar-refractivity contribution is 0.249. The van der Waals surface area contributed by atoms with Crippen LogP contribution in [0.3, 0.4) is 0 Å². The first-order valence-electron chi connectivity index (χ1n) is 5.67. The van der Waals surface area contributed by atoms with Crippen LogP contribution in [0.2, 0.25) is 0 Å². The highest BCUT2D eigenvalue weighted by molar-refractivity contribution is 7.15. The van der Waals surface area contributed by atoms with Crippen LogP contribution in [0.25, 0.3) is 0 Å². The van der Waals surface area contributed by atoms with Gasteiger partial charge in [-0.1, -0.05) is 11.3 Å². The Balaban J connectivity index is 1.93. The lowest BCUT2D eigenvalue weighted by Gasteiger charge is -2.35. The van der Waals surface area contributed by atoms with E-state index in [-0.39, 0.29) is 6.61 Å². The number of thiazole rings is 1. The molecule has 0 aliphatic carbocycles. The predicted octanol–water partition coefficient (Wildman–Crippen LogP) is 1.17. The molecule has 0 bridgehead atoms. The van der Waals surface area contributed by atoms with E-state index in [1.54, 1.807) is 17.5 Å². The maximum atomic E-state index is 9.01. The van der Waals surface area contributed by atoms with Crippen LogP contribution in [0.5, 0.6) is 0 Å². The molecule has 16 heavy (non-hydrogen) atoms. The van der Waals surface area contributed by atoms with E-state index in [2.05, 4.69) is 28.9 Å². The molecule has 1 fully saturated rings. The maximum Gasteiger partial charge on any atom is 0.185 e. The molecule has 0 amide bonds. The van der Waals surface area contributed by atoms with Gasteiger partial charge in [-0.25, -0.2) is 4.98 Å². The number of aliphatic hydroxyl groups excluding tert-OH is 1. The van der Waals surface area contributed by atoms with Crippen LogP contribution in [0.15, 0.2) is 6.20 Å². The van der Waals surface area contributed by atoms with Crippen molar-refractivity contribution in [3.05, 3.63) is 11.1 Å². The summed E-state index contributed by atoms with van der Waals surface area (Å²) in [6.07, 6.45) is 4.17. The van der Waals surface area contributed by atoms with E-state index in [1.807, 2.05) is 0 Å². The van der Waals surface area contributed by atoms with Crippen molar-refractivity contribution in [3.8, 4) is 0 Å². The lowest BCUT2D eigenvalue weighted by atomic mass is 10.0. The fourth-order valence-electron chi connectivity index (χ4n) is 2.09. The number of hydrogen-bond acceptors (Lipinski definition) is 5. The number of nitrogens with zero attached hydrogens (tertiary/aromatic N) is 3. The largest absolute Gasteiger partial charge is 0.391 e. The third kappa shape index (κ3) is 2.53. The van der Waals surface area contributed by atoms with Crippen molar-refractivity contribution < 1.29 is 5.11 Å². The summed E-state index contributed by atoms with van der Waals surface area (Å²) >= 11 is 1.60. The average molecular weight is 241 g/mol. The Morgan fingerprint density at radius 3 is 2.69 bits per heavy atom. The van der Waals surface area contributed by atoms with Crippen molar-refractivity contribution in [3.63, 3.8) is 0 Å². The first kappa shape index (κ1) is 11.8. The zero-order valence-corrected chi connectivity index (χ0v) is 10.7. The summed E-state index contributed by atoms with van der Waals surface area (Å²) in [5.41, 5.74) is 0. The summed E-state index contributed by atoms with van der Waals surface area (Å²) in [5.74, 6) is 0. The van der Waals surface area contributed by atoms with Gasteiger partial charge in [-0.2, -0.15) is 0 Å². The molecule has 0 unspecified atom stereocenters. The molecule has 2 rings (SSSR count). The summed E-state index contributed by atoms with van der Waals surface area (Å²) < 4.78 is 0. The van der Waals surface area contributed by atoms with Crippen LogP contribution in [-0.4, -0.2) is 48.2 Å². The molecule has 0 aromatic carbocycles. The minimum Gasteiger partial charge on any atom is -0.391 e. The van der Waals surface area contributed by atoms with Gasteiger partial charge in [0.15, 0.2) is 5.13 Å². The summed E-state index contributed by atoms with van der Waals surface area (Å²) in [7, 11) is 4.29. The topological polar surface area (TPSA) is 39.6 Å². The molecule has 0 atom stereocenters. The third-order valence-electron chi connectivity index (χ3n) is 3.16.